The van der Waals surface area contributed by atoms with Crippen molar-refractivity contribution in [1.29, 1.82) is 0 Å². The van der Waals surface area contributed by atoms with Crippen molar-refractivity contribution in [2.45, 2.75) is 31.6 Å². The smallest absolute Gasteiger partial charge is 0.416 e. The number of alkyl halides is 3. The first-order valence-electron chi connectivity index (χ1n) is 9.54. The summed E-state index contributed by atoms with van der Waals surface area (Å²) >= 11 is 6.15. The molecule has 1 saturated carbocycles. The molecule has 0 atom stereocenters. The van der Waals surface area contributed by atoms with Crippen LogP contribution in [-0.2, 0) is 17.5 Å². The zero-order valence-electron chi connectivity index (χ0n) is 16.1. The molecule has 0 saturated heterocycles. The van der Waals surface area contributed by atoms with Crippen molar-refractivity contribution < 1.29 is 22.4 Å². The van der Waals surface area contributed by atoms with Gasteiger partial charge in [0.25, 0.3) is 0 Å². The van der Waals surface area contributed by atoms with Gasteiger partial charge in [0.05, 0.1) is 22.7 Å². The third-order valence-corrected chi connectivity index (χ3v) is 5.11. The van der Waals surface area contributed by atoms with Gasteiger partial charge in [0.2, 0.25) is 17.7 Å². The molecule has 1 heterocycles. The van der Waals surface area contributed by atoms with Crippen molar-refractivity contribution >= 4 is 23.6 Å². The van der Waals surface area contributed by atoms with Gasteiger partial charge < -0.3 is 9.32 Å². The fourth-order valence-electron chi connectivity index (χ4n) is 3.06. The largest absolute Gasteiger partial charge is 0.419 e. The molecule has 1 aliphatic carbocycles. The minimum atomic E-state index is -4.44. The number of carbonyl (C=O) groups excluding carboxylic acids is 1. The average Bonchev–Trinajstić information content (AvgIpc) is 3.48. The zero-order chi connectivity index (χ0) is 22.0. The Morgan fingerprint density at radius 1 is 1.16 bits per heavy atom. The summed E-state index contributed by atoms with van der Waals surface area (Å²) in [5, 5.41) is 8.48. The lowest BCUT2D eigenvalue weighted by molar-refractivity contribution is -0.137. The van der Waals surface area contributed by atoms with Gasteiger partial charge in [-0.05, 0) is 48.7 Å². The monoisotopic (exact) mass is 447 g/mol. The van der Waals surface area contributed by atoms with Crippen molar-refractivity contribution in [2.75, 3.05) is 0 Å². The van der Waals surface area contributed by atoms with E-state index in [-0.39, 0.29) is 35.8 Å². The van der Waals surface area contributed by atoms with Crippen LogP contribution >= 0.6 is 11.6 Å². The molecule has 1 aromatic heterocycles. The Bertz CT molecular complexity index is 1120. The fourth-order valence-corrected chi connectivity index (χ4v) is 3.28. The molecule has 2 aromatic carbocycles. The van der Waals surface area contributed by atoms with Crippen LogP contribution in [0.2, 0.25) is 5.02 Å². The molecule has 0 bridgehead atoms. The average molecular weight is 448 g/mol. The lowest BCUT2D eigenvalue weighted by Gasteiger charge is -2.18. The van der Waals surface area contributed by atoms with E-state index in [9.17, 15) is 18.0 Å². The summed E-state index contributed by atoms with van der Waals surface area (Å²) in [5.74, 6) is 0.170. The van der Waals surface area contributed by atoms with Crippen LogP contribution in [0.5, 0.6) is 0 Å². The van der Waals surface area contributed by atoms with Crippen LogP contribution in [-0.4, -0.2) is 27.0 Å². The maximum atomic E-state index is 12.9. The first-order valence-corrected chi connectivity index (χ1v) is 9.92. The summed E-state index contributed by atoms with van der Waals surface area (Å²) < 4.78 is 44.3. The molecule has 1 amide bonds. The highest BCUT2D eigenvalue weighted by Crippen LogP contribution is 2.31. The van der Waals surface area contributed by atoms with Gasteiger partial charge >= 0.3 is 6.18 Å². The Hall–Kier alpha value is -3.13. The van der Waals surface area contributed by atoms with E-state index >= 15 is 0 Å². The van der Waals surface area contributed by atoms with Crippen LogP contribution in [0.15, 0.2) is 59.0 Å². The van der Waals surface area contributed by atoms with Crippen molar-refractivity contribution in [3.05, 3.63) is 76.6 Å². The zero-order valence-corrected chi connectivity index (χ0v) is 16.9. The van der Waals surface area contributed by atoms with E-state index in [2.05, 4.69) is 10.2 Å². The Balaban J connectivity index is 1.48. The maximum Gasteiger partial charge on any atom is 0.416 e. The summed E-state index contributed by atoms with van der Waals surface area (Å²) in [6, 6.07) is 11.9. The van der Waals surface area contributed by atoms with E-state index in [4.69, 9.17) is 16.0 Å². The molecule has 1 aliphatic rings. The predicted molar refractivity (Wildman–Crippen MR) is 109 cm³/mol. The Morgan fingerprint density at radius 3 is 2.65 bits per heavy atom. The molecule has 9 heteroatoms. The molecule has 0 N–H and O–H groups in total. The highest BCUT2D eigenvalue weighted by molar-refractivity contribution is 6.33. The first kappa shape index (κ1) is 21.1. The highest BCUT2D eigenvalue weighted by atomic mass is 35.5. The predicted octanol–water partition coefficient (Wildman–Crippen LogP) is 5.61. The van der Waals surface area contributed by atoms with Crippen LogP contribution in [0.4, 0.5) is 13.2 Å². The number of nitrogens with zero attached hydrogens (tertiary/aromatic N) is 3. The van der Waals surface area contributed by atoms with E-state index in [1.54, 1.807) is 29.2 Å². The van der Waals surface area contributed by atoms with E-state index in [1.165, 1.54) is 24.3 Å². The molecule has 5 nitrogen and oxygen atoms in total. The molecule has 3 aromatic rings. The van der Waals surface area contributed by atoms with Gasteiger partial charge in [-0.2, -0.15) is 13.2 Å². The summed E-state index contributed by atoms with van der Waals surface area (Å²) in [4.78, 5) is 14.3. The maximum absolute atomic E-state index is 12.9. The van der Waals surface area contributed by atoms with Crippen LogP contribution < -0.4 is 0 Å². The lowest BCUT2D eigenvalue weighted by Crippen LogP contribution is -2.31. The van der Waals surface area contributed by atoms with Gasteiger partial charge in [-0.1, -0.05) is 35.9 Å². The number of hydrogen-bond donors (Lipinski definition) is 0. The van der Waals surface area contributed by atoms with Crippen LogP contribution in [0.25, 0.3) is 17.5 Å². The third-order valence-electron chi connectivity index (χ3n) is 4.78. The lowest BCUT2D eigenvalue weighted by atomic mass is 10.1. The van der Waals surface area contributed by atoms with E-state index in [0.717, 1.165) is 25.0 Å². The summed E-state index contributed by atoms with van der Waals surface area (Å²) in [6.07, 6.45) is -0.121. The Kier molecular flexibility index (Phi) is 5.82. The summed E-state index contributed by atoms with van der Waals surface area (Å²) in [6.45, 7) is 0.105. The van der Waals surface area contributed by atoms with Gasteiger partial charge in [-0.3, -0.25) is 4.79 Å². The highest BCUT2D eigenvalue weighted by Gasteiger charge is 2.33. The van der Waals surface area contributed by atoms with Crippen molar-refractivity contribution in [3.8, 4) is 11.5 Å². The number of benzene rings is 2. The van der Waals surface area contributed by atoms with Crippen LogP contribution in [0, 0.1) is 0 Å². The second-order valence-electron chi connectivity index (χ2n) is 7.13. The molecule has 0 aliphatic heterocycles. The Labute approximate surface area is 181 Å². The van der Waals surface area contributed by atoms with E-state index < -0.39 is 11.7 Å². The van der Waals surface area contributed by atoms with E-state index in [1.807, 2.05) is 0 Å². The molecule has 0 radical (unpaired) electrons. The molecular formula is C22H17ClF3N3O2. The van der Waals surface area contributed by atoms with Gasteiger partial charge in [0.15, 0.2) is 0 Å². The van der Waals surface area contributed by atoms with E-state index in [0.29, 0.717) is 10.6 Å². The molecule has 0 spiro atoms. The molecule has 160 valence electrons. The topological polar surface area (TPSA) is 59.2 Å². The third kappa shape index (κ3) is 5.14. The summed E-state index contributed by atoms with van der Waals surface area (Å²) in [7, 11) is 0. The molecule has 1 fully saturated rings. The van der Waals surface area contributed by atoms with Gasteiger partial charge in [0, 0.05) is 12.1 Å². The normalized spacial score (nSPS) is 14.2. The number of aromatic nitrogens is 2. The van der Waals surface area contributed by atoms with Gasteiger partial charge in [0.1, 0.15) is 0 Å². The fraction of sp³-hybridized carbons (Fsp3) is 0.227. The second kappa shape index (κ2) is 8.55. The number of carbonyl (C=O) groups is 1. The number of halogens is 4. The number of hydrogen-bond acceptors (Lipinski definition) is 4. The molecule has 31 heavy (non-hydrogen) atoms. The van der Waals surface area contributed by atoms with Crippen molar-refractivity contribution in [2.24, 2.45) is 0 Å². The SMILES string of the molecule is O=C(C=Cc1cccc(C(F)(F)F)c1)N(Cc1nnc(-c2ccccc2Cl)o1)C1CC1. The minimum Gasteiger partial charge on any atom is -0.419 e. The van der Waals surface area contributed by atoms with Gasteiger partial charge in [-0.15, -0.1) is 10.2 Å². The number of amides is 1. The number of rotatable bonds is 6. The standard InChI is InChI=1S/C22H17ClF3N3O2/c23-18-7-2-1-6-17(18)21-28-27-19(31-21)13-29(16-9-10-16)20(30)11-8-14-4-3-5-15(12-14)22(24,25)26/h1-8,11-12,16H,9-10,13H2. The Morgan fingerprint density at radius 2 is 1.94 bits per heavy atom. The second-order valence-corrected chi connectivity index (χ2v) is 7.54. The first-order chi connectivity index (χ1) is 14.8. The van der Waals surface area contributed by atoms with Crippen molar-refractivity contribution in [3.63, 3.8) is 0 Å². The van der Waals surface area contributed by atoms with Gasteiger partial charge in [-0.25, -0.2) is 0 Å². The minimum absolute atomic E-state index is 0.0364. The van der Waals surface area contributed by atoms with Crippen LogP contribution in [0.3, 0.4) is 0 Å². The molecule has 0 unspecified atom stereocenters. The molecular weight excluding hydrogens is 431 g/mol. The quantitative estimate of drug-likeness (QED) is 0.461. The summed E-state index contributed by atoms with van der Waals surface area (Å²) in [5.41, 5.74) is 0.119. The molecule has 4 rings (SSSR count). The van der Waals surface area contributed by atoms with Crippen molar-refractivity contribution in [1.82, 2.24) is 15.1 Å². The van der Waals surface area contributed by atoms with Crippen LogP contribution in [0.1, 0.15) is 29.9 Å².